The Kier molecular flexibility index (Phi) is 6.86. The molecule has 0 bridgehead atoms. The molecule has 1 N–H and O–H groups in total. The number of hydrogen-bond acceptors (Lipinski definition) is 2. The summed E-state index contributed by atoms with van der Waals surface area (Å²) in [7, 11) is 1.75. The lowest BCUT2D eigenvalue weighted by Crippen LogP contribution is -2.46. The highest BCUT2D eigenvalue weighted by atomic mass is 16.5. The normalized spacial score (nSPS) is 16.9. The Labute approximate surface area is 95.1 Å². The van der Waals surface area contributed by atoms with E-state index in [1.165, 1.54) is 0 Å². The van der Waals surface area contributed by atoms with E-state index in [4.69, 9.17) is 4.74 Å². The van der Waals surface area contributed by atoms with Gasteiger partial charge in [0, 0.05) is 19.2 Å². The Morgan fingerprint density at radius 2 is 1.93 bits per heavy atom. The Morgan fingerprint density at radius 1 is 1.33 bits per heavy atom. The first kappa shape index (κ1) is 14.7. The standard InChI is InChI=1S/C13H27NO/c1-7-8-9-12(13(3,4)5)14-11(2)10-15-6/h7-8,11-12,14H,9-10H2,1-6H3/b8-7-/t11-,12-/m0/s1. The summed E-state index contributed by atoms with van der Waals surface area (Å²) in [5.41, 5.74) is 0.279. The van der Waals surface area contributed by atoms with Crippen molar-refractivity contribution in [2.75, 3.05) is 13.7 Å². The van der Waals surface area contributed by atoms with E-state index in [0.29, 0.717) is 12.1 Å². The second-order valence-electron chi connectivity index (χ2n) is 5.25. The van der Waals surface area contributed by atoms with Gasteiger partial charge in [0.1, 0.15) is 0 Å². The molecule has 2 atom stereocenters. The summed E-state index contributed by atoms with van der Waals surface area (Å²) in [6, 6.07) is 0.906. The van der Waals surface area contributed by atoms with E-state index >= 15 is 0 Å². The smallest absolute Gasteiger partial charge is 0.0613 e. The summed E-state index contributed by atoms with van der Waals surface area (Å²) in [4.78, 5) is 0. The highest BCUT2D eigenvalue weighted by molar-refractivity contribution is 4.90. The van der Waals surface area contributed by atoms with Crippen molar-refractivity contribution in [2.24, 2.45) is 5.41 Å². The molecule has 0 aliphatic rings. The van der Waals surface area contributed by atoms with E-state index in [2.05, 4.69) is 52.1 Å². The number of nitrogens with one attached hydrogen (secondary N) is 1. The number of hydrogen-bond donors (Lipinski definition) is 1. The Bertz CT molecular complexity index is 181. The van der Waals surface area contributed by atoms with Gasteiger partial charge in [-0.2, -0.15) is 0 Å². The number of rotatable bonds is 6. The van der Waals surface area contributed by atoms with E-state index in [1.807, 2.05) is 0 Å². The second-order valence-corrected chi connectivity index (χ2v) is 5.25. The van der Waals surface area contributed by atoms with Gasteiger partial charge in [-0.3, -0.25) is 0 Å². The van der Waals surface area contributed by atoms with Crippen LogP contribution >= 0.6 is 0 Å². The Hall–Kier alpha value is -0.340. The SMILES string of the molecule is C/C=C\C[C@H](N[C@@H](C)COC)C(C)(C)C. The monoisotopic (exact) mass is 213 g/mol. The molecule has 0 radical (unpaired) electrons. The molecule has 0 aromatic carbocycles. The Morgan fingerprint density at radius 3 is 2.33 bits per heavy atom. The third kappa shape index (κ3) is 6.69. The molecule has 0 aliphatic carbocycles. The number of allylic oxidation sites excluding steroid dienone is 1. The lowest BCUT2D eigenvalue weighted by molar-refractivity contribution is 0.150. The zero-order chi connectivity index (χ0) is 11.9. The van der Waals surface area contributed by atoms with Gasteiger partial charge in [-0.1, -0.05) is 32.9 Å². The summed E-state index contributed by atoms with van der Waals surface area (Å²) in [5, 5.41) is 3.62. The molecule has 0 fully saturated rings. The molecule has 90 valence electrons. The molecule has 0 saturated heterocycles. The zero-order valence-corrected chi connectivity index (χ0v) is 11.1. The van der Waals surface area contributed by atoms with Crippen LogP contribution in [0.25, 0.3) is 0 Å². The quantitative estimate of drug-likeness (QED) is 0.685. The number of methoxy groups -OCH3 is 1. The number of ether oxygens (including phenoxy) is 1. The lowest BCUT2D eigenvalue weighted by atomic mass is 9.84. The van der Waals surface area contributed by atoms with E-state index in [-0.39, 0.29) is 5.41 Å². The summed E-state index contributed by atoms with van der Waals surface area (Å²) >= 11 is 0. The van der Waals surface area contributed by atoms with Crippen LogP contribution in [0.2, 0.25) is 0 Å². The van der Waals surface area contributed by atoms with Crippen LogP contribution < -0.4 is 5.32 Å². The van der Waals surface area contributed by atoms with Crippen molar-refractivity contribution in [3.05, 3.63) is 12.2 Å². The minimum atomic E-state index is 0.279. The molecule has 2 nitrogen and oxygen atoms in total. The third-order valence-corrected chi connectivity index (χ3v) is 2.56. The van der Waals surface area contributed by atoms with E-state index in [0.717, 1.165) is 13.0 Å². The van der Waals surface area contributed by atoms with E-state index < -0.39 is 0 Å². The van der Waals surface area contributed by atoms with Crippen LogP contribution in [0, 0.1) is 5.41 Å². The lowest BCUT2D eigenvalue weighted by Gasteiger charge is -2.33. The summed E-state index contributed by atoms with van der Waals surface area (Å²) in [5.74, 6) is 0. The van der Waals surface area contributed by atoms with Crippen molar-refractivity contribution in [1.82, 2.24) is 5.32 Å². The first-order chi connectivity index (χ1) is 6.91. The maximum Gasteiger partial charge on any atom is 0.0613 e. The fourth-order valence-electron chi connectivity index (χ4n) is 1.59. The van der Waals surface area contributed by atoms with Crippen molar-refractivity contribution in [1.29, 1.82) is 0 Å². The van der Waals surface area contributed by atoms with Gasteiger partial charge in [-0.05, 0) is 25.7 Å². The molecule has 0 amide bonds. The molecule has 0 aromatic rings. The molecule has 0 aromatic heterocycles. The van der Waals surface area contributed by atoms with Gasteiger partial charge in [0.05, 0.1) is 6.61 Å². The molecule has 0 unspecified atom stereocenters. The van der Waals surface area contributed by atoms with Crippen molar-refractivity contribution in [2.45, 2.75) is 53.1 Å². The van der Waals surface area contributed by atoms with Gasteiger partial charge in [0.15, 0.2) is 0 Å². The van der Waals surface area contributed by atoms with Crippen molar-refractivity contribution >= 4 is 0 Å². The van der Waals surface area contributed by atoms with Crippen LogP contribution in [0.4, 0.5) is 0 Å². The molecule has 0 aliphatic heterocycles. The van der Waals surface area contributed by atoms with E-state index in [1.54, 1.807) is 7.11 Å². The molecule has 2 heteroatoms. The summed E-state index contributed by atoms with van der Waals surface area (Å²) in [6.45, 7) is 11.8. The highest BCUT2D eigenvalue weighted by Gasteiger charge is 2.24. The van der Waals surface area contributed by atoms with Crippen LogP contribution in [0.15, 0.2) is 12.2 Å². The highest BCUT2D eigenvalue weighted by Crippen LogP contribution is 2.22. The van der Waals surface area contributed by atoms with Crippen molar-refractivity contribution in [3.63, 3.8) is 0 Å². The molecule has 0 saturated carbocycles. The maximum absolute atomic E-state index is 5.14. The first-order valence-electron chi connectivity index (χ1n) is 5.78. The molecule has 0 rings (SSSR count). The summed E-state index contributed by atoms with van der Waals surface area (Å²) in [6.07, 6.45) is 5.41. The van der Waals surface area contributed by atoms with Crippen molar-refractivity contribution < 1.29 is 4.74 Å². The molecule has 0 spiro atoms. The largest absolute Gasteiger partial charge is 0.383 e. The summed E-state index contributed by atoms with van der Waals surface area (Å²) < 4.78 is 5.14. The topological polar surface area (TPSA) is 21.3 Å². The Balaban J connectivity index is 4.24. The van der Waals surface area contributed by atoms with Crippen LogP contribution in [0.1, 0.15) is 41.0 Å². The van der Waals surface area contributed by atoms with Crippen LogP contribution in [0.3, 0.4) is 0 Å². The fourth-order valence-corrected chi connectivity index (χ4v) is 1.59. The van der Waals surface area contributed by atoms with Gasteiger partial charge >= 0.3 is 0 Å². The van der Waals surface area contributed by atoms with Gasteiger partial charge in [0.25, 0.3) is 0 Å². The molecule has 0 heterocycles. The minimum Gasteiger partial charge on any atom is -0.383 e. The average molecular weight is 213 g/mol. The molecular formula is C13H27NO. The first-order valence-corrected chi connectivity index (χ1v) is 5.78. The molecular weight excluding hydrogens is 186 g/mol. The second kappa shape index (κ2) is 7.02. The van der Waals surface area contributed by atoms with Gasteiger partial charge in [-0.25, -0.2) is 0 Å². The van der Waals surface area contributed by atoms with E-state index in [9.17, 15) is 0 Å². The average Bonchev–Trinajstić information content (AvgIpc) is 2.10. The van der Waals surface area contributed by atoms with Gasteiger partial charge in [-0.15, -0.1) is 0 Å². The van der Waals surface area contributed by atoms with Crippen molar-refractivity contribution in [3.8, 4) is 0 Å². The van der Waals surface area contributed by atoms with Gasteiger partial charge in [0.2, 0.25) is 0 Å². The third-order valence-electron chi connectivity index (χ3n) is 2.56. The maximum atomic E-state index is 5.14. The predicted molar refractivity (Wildman–Crippen MR) is 67.1 cm³/mol. The fraction of sp³-hybridized carbons (Fsp3) is 0.846. The zero-order valence-electron chi connectivity index (χ0n) is 11.1. The van der Waals surface area contributed by atoms with Crippen LogP contribution in [-0.2, 0) is 4.74 Å². The van der Waals surface area contributed by atoms with Crippen LogP contribution in [-0.4, -0.2) is 25.8 Å². The molecule has 15 heavy (non-hydrogen) atoms. The van der Waals surface area contributed by atoms with Gasteiger partial charge < -0.3 is 10.1 Å². The van der Waals surface area contributed by atoms with Crippen LogP contribution in [0.5, 0.6) is 0 Å². The predicted octanol–water partition coefficient (Wildman–Crippen LogP) is 2.99. The minimum absolute atomic E-state index is 0.279.